The van der Waals surface area contributed by atoms with Crippen LogP contribution in [-0.4, -0.2) is 45.8 Å². The molecule has 166 valence electrons. The Morgan fingerprint density at radius 3 is 2.44 bits per heavy atom. The van der Waals surface area contributed by atoms with Crippen molar-refractivity contribution in [1.82, 2.24) is 15.1 Å². The molecule has 0 atom stereocenters. The Morgan fingerprint density at radius 1 is 1.06 bits per heavy atom. The molecule has 0 saturated carbocycles. The number of nitrogens with zero attached hydrogens (tertiary/aromatic N) is 3. The molecule has 10 heteroatoms. The second-order valence-electron chi connectivity index (χ2n) is 7.28. The molecular weight excluding hydrogens is 446 g/mol. The van der Waals surface area contributed by atoms with E-state index in [4.69, 9.17) is 10.5 Å². The summed E-state index contributed by atoms with van der Waals surface area (Å²) in [5.74, 6) is 1.46. The molecule has 1 saturated heterocycles. The van der Waals surface area contributed by atoms with Crippen LogP contribution in [0.15, 0.2) is 58.9 Å². The molecule has 1 aliphatic heterocycles. The van der Waals surface area contributed by atoms with Crippen LogP contribution in [0.5, 0.6) is 11.5 Å². The molecule has 4 rings (SSSR count). The number of para-hydroxylation sites is 1. The van der Waals surface area contributed by atoms with E-state index in [0.717, 1.165) is 21.5 Å². The summed E-state index contributed by atoms with van der Waals surface area (Å²) in [6.07, 6.45) is 1.27. The molecule has 32 heavy (non-hydrogen) atoms. The Hall–Kier alpha value is -3.11. The molecule has 1 aromatic heterocycles. The fourth-order valence-corrected chi connectivity index (χ4v) is 4.98. The number of piperidine rings is 1. The minimum absolute atomic E-state index is 0.0386. The topological polar surface area (TPSA) is 110 Å². The molecule has 0 aliphatic carbocycles. The summed E-state index contributed by atoms with van der Waals surface area (Å²) in [4.78, 5) is 25.5. The predicted molar refractivity (Wildman–Crippen MR) is 125 cm³/mol. The van der Waals surface area contributed by atoms with Crippen LogP contribution in [0.3, 0.4) is 0 Å². The van der Waals surface area contributed by atoms with Gasteiger partial charge in [-0.2, -0.15) is 0 Å². The van der Waals surface area contributed by atoms with Crippen molar-refractivity contribution < 1.29 is 14.3 Å². The predicted octanol–water partition coefficient (Wildman–Crippen LogP) is 3.89. The first-order valence-electron chi connectivity index (χ1n) is 10.2. The number of nitrogens with one attached hydrogen (secondary N) is 1. The summed E-state index contributed by atoms with van der Waals surface area (Å²) in [6, 6.07) is 17.2. The molecule has 0 unspecified atom stereocenters. The van der Waals surface area contributed by atoms with Crippen molar-refractivity contribution in [3.05, 3.63) is 54.6 Å². The van der Waals surface area contributed by atoms with Gasteiger partial charge in [0.25, 0.3) is 0 Å². The van der Waals surface area contributed by atoms with Crippen molar-refractivity contribution in [2.75, 3.05) is 24.2 Å². The number of anilines is 2. The first-order chi connectivity index (χ1) is 15.6. The van der Waals surface area contributed by atoms with Crippen LogP contribution in [0.25, 0.3) is 0 Å². The van der Waals surface area contributed by atoms with Crippen molar-refractivity contribution in [1.29, 1.82) is 0 Å². The molecule has 2 aromatic carbocycles. The highest BCUT2D eigenvalue weighted by Gasteiger charge is 2.25. The van der Waals surface area contributed by atoms with Crippen LogP contribution in [-0.2, 0) is 9.59 Å². The van der Waals surface area contributed by atoms with Crippen LogP contribution in [0.2, 0.25) is 0 Å². The van der Waals surface area contributed by atoms with E-state index in [0.29, 0.717) is 36.8 Å². The molecular formula is C22H23N5O3S2. The van der Waals surface area contributed by atoms with Gasteiger partial charge in [0.05, 0.1) is 5.75 Å². The molecule has 3 aromatic rings. The maximum Gasteiger partial charge on any atom is 0.233 e. The fourth-order valence-electron chi connectivity index (χ4n) is 3.30. The van der Waals surface area contributed by atoms with E-state index >= 15 is 0 Å². The normalized spacial score (nSPS) is 14.2. The van der Waals surface area contributed by atoms with Gasteiger partial charge < -0.3 is 20.7 Å². The number of ether oxygens (including phenoxy) is 1. The monoisotopic (exact) mass is 469 g/mol. The number of rotatable bonds is 8. The van der Waals surface area contributed by atoms with Crippen molar-refractivity contribution in [2.45, 2.75) is 17.2 Å². The van der Waals surface area contributed by atoms with Gasteiger partial charge in [-0.15, -0.1) is 10.2 Å². The number of hydrogen-bond acceptors (Lipinski definition) is 8. The smallest absolute Gasteiger partial charge is 0.233 e. The number of likely N-dealkylation sites (tertiary alicyclic amines) is 1. The standard InChI is InChI=1S/C22H23N5O3S2/c23-20(29)15-10-12-27(13-11-15)19(28)14-31-22-26-25-21(32-22)24-16-6-8-18(9-7-16)30-17-4-2-1-3-5-17/h1-9,15H,10-14H2,(H2,23,29)(H,24,25). The number of thioether (sulfide) groups is 1. The molecule has 2 heterocycles. The van der Waals surface area contributed by atoms with Gasteiger partial charge in [-0.1, -0.05) is 41.3 Å². The zero-order valence-electron chi connectivity index (χ0n) is 17.3. The third-order valence-electron chi connectivity index (χ3n) is 5.06. The van der Waals surface area contributed by atoms with E-state index in [-0.39, 0.29) is 17.7 Å². The minimum Gasteiger partial charge on any atom is -0.457 e. The molecule has 8 nitrogen and oxygen atoms in total. The van der Waals surface area contributed by atoms with Gasteiger partial charge in [0.1, 0.15) is 11.5 Å². The van der Waals surface area contributed by atoms with Gasteiger partial charge >= 0.3 is 0 Å². The summed E-state index contributed by atoms with van der Waals surface area (Å²) in [5.41, 5.74) is 6.21. The number of aromatic nitrogens is 2. The van der Waals surface area contributed by atoms with E-state index in [9.17, 15) is 9.59 Å². The highest BCUT2D eigenvalue weighted by Crippen LogP contribution is 2.29. The van der Waals surface area contributed by atoms with Gasteiger partial charge in [-0.25, -0.2) is 0 Å². The second-order valence-corrected chi connectivity index (χ2v) is 9.48. The second kappa shape index (κ2) is 10.5. The maximum absolute atomic E-state index is 12.4. The van der Waals surface area contributed by atoms with Gasteiger partial charge in [-0.05, 0) is 49.2 Å². The van der Waals surface area contributed by atoms with Crippen LogP contribution < -0.4 is 15.8 Å². The summed E-state index contributed by atoms with van der Waals surface area (Å²) in [5, 5.41) is 12.2. The number of carbonyl (C=O) groups excluding carboxylic acids is 2. The average molecular weight is 470 g/mol. The third kappa shape index (κ3) is 5.98. The summed E-state index contributed by atoms with van der Waals surface area (Å²) >= 11 is 2.76. The van der Waals surface area contributed by atoms with Gasteiger partial charge in [0.15, 0.2) is 4.34 Å². The molecule has 2 amide bonds. The average Bonchev–Trinajstić information content (AvgIpc) is 3.27. The summed E-state index contributed by atoms with van der Waals surface area (Å²) in [6.45, 7) is 1.14. The van der Waals surface area contributed by atoms with Crippen molar-refractivity contribution in [3.63, 3.8) is 0 Å². The number of carbonyl (C=O) groups is 2. The Bertz CT molecular complexity index is 1050. The zero-order valence-corrected chi connectivity index (χ0v) is 18.9. The number of hydrogen-bond donors (Lipinski definition) is 2. The highest BCUT2D eigenvalue weighted by molar-refractivity contribution is 8.01. The lowest BCUT2D eigenvalue weighted by Crippen LogP contribution is -2.42. The Morgan fingerprint density at radius 2 is 1.75 bits per heavy atom. The van der Waals surface area contributed by atoms with Crippen molar-refractivity contribution >= 4 is 45.7 Å². The van der Waals surface area contributed by atoms with Gasteiger partial charge in [0, 0.05) is 24.7 Å². The van der Waals surface area contributed by atoms with Crippen LogP contribution in [0.1, 0.15) is 12.8 Å². The van der Waals surface area contributed by atoms with Crippen LogP contribution >= 0.6 is 23.1 Å². The number of benzene rings is 2. The Kier molecular flexibility index (Phi) is 7.23. The quantitative estimate of drug-likeness (QED) is 0.482. The molecule has 0 spiro atoms. The zero-order chi connectivity index (χ0) is 22.3. The lowest BCUT2D eigenvalue weighted by atomic mass is 9.96. The summed E-state index contributed by atoms with van der Waals surface area (Å²) < 4.78 is 6.51. The number of primary amides is 1. The van der Waals surface area contributed by atoms with E-state index in [1.807, 2.05) is 54.6 Å². The first kappa shape index (κ1) is 22.1. The van der Waals surface area contributed by atoms with E-state index in [2.05, 4.69) is 15.5 Å². The molecule has 1 aliphatic rings. The molecule has 1 fully saturated rings. The maximum atomic E-state index is 12.4. The van der Waals surface area contributed by atoms with Gasteiger partial charge in [0.2, 0.25) is 16.9 Å². The molecule has 0 bridgehead atoms. The highest BCUT2D eigenvalue weighted by atomic mass is 32.2. The number of amides is 2. The van der Waals surface area contributed by atoms with Crippen molar-refractivity contribution in [3.8, 4) is 11.5 Å². The van der Waals surface area contributed by atoms with Crippen LogP contribution in [0.4, 0.5) is 10.8 Å². The first-order valence-corrected chi connectivity index (χ1v) is 12.0. The minimum atomic E-state index is -0.279. The summed E-state index contributed by atoms with van der Waals surface area (Å²) in [7, 11) is 0. The van der Waals surface area contributed by atoms with E-state index in [1.54, 1.807) is 4.90 Å². The lowest BCUT2D eigenvalue weighted by Gasteiger charge is -2.30. The number of nitrogens with two attached hydrogens (primary N) is 1. The fraction of sp³-hybridized carbons (Fsp3) is 0.273. The molecule has 3 N–H and O–H groups in total. The molecule has 0 radical (unpaired) electrons. The Labute approximate surface area is 194 Å². The SMILES string of the molecule is NC(=O)C1CCN(C(=O)CSc2nnc(Nc3ccc(Oc4ccccc4)cc3)s2)CC1. The van der Waals surface area contributed by atoms with E-state index < -0.39 is 0 Å². The largest absolute Gasteiger partial charge is 0.457 e. The van der Waals surface area contributed by atoms with E-state index in [1.165, 1.54) is 23.1 Å². The van der Waals surface area contributed by atoms with Crippen LogP contribution in [0, 0.1) is 5.92 Å². The lowest BCUT2D eigenvalue weighted by molar-refractivity contribution is -0.132. The third-order valence-corrected chi connectivity index (χ3v) is 7.02. The Balaban J connectivity index is 1.24. The van der Waals surface area contributed by atoms with Gasteiger partial charge in [-0.3, -0.25) is 9.59 Å². The van der Waals surface area contributed by atoms with Crippen molar-refractivity contribution in [2.24, 2.45) is 11.7 Å².